The Bertz CT molecular complexity index is 1800. The Balaban J connectivity index is 1.11. The van der Waals surface area contributed by atoms with Gasteiger partial charge in [0, 0.05) is 32.5 Å². The Morgan fingerprint density at radius 1 is 1.02 bits per heavy atom. The van der Waals surface area contributed by atoms with E-state index in [1.165, 1.54) is 14.0 Å². The zero-order valence-corrected chi connectivity index (χ0v) is 28.3. The number of nitrogens with one attached hydrogen (secondary N) is 2. The number of aryl methyl sites for hydroxylation is 1. The van der Waals surface area contributed by atoms with Crippen LogP contribution in [0.5, 0.6) is 0 Å². The Kier molecular flexibility index (Phi) is 10.9. The van der Waals surface area contributed by atoms with E-state index in [0.29, 0.717) is 18.1 Å². The number of unbranched alkanes of at least 4 members (excludes halogenated alkanes) is 1. The van der Waals surface area contributed by atoms with Crippen LogP contribution in [0, 0.1) is 0 Å². The molecule has 4 heterocycles. The summed E-state index contributed by atoms with van der Waals surface area (Å²) in [7, 11) is 1.44. The van der Waals surface area contributed by atoms with Crippen LogP contribution in [0.4, 0.5) is 9.59 Å². The van der Waals surface area contributed by atoms with Crippen molar-refractivity contribution in [1.82, 2.24) is 35.5 Å². The van der Waals surface area contributed by atoms with Crippen LogP contribution in [0.25, 0.3) is 22.5 Å². The highest BCUT2D eigenvalue weighted by Gasteiger charge is 2.51. The third kappa shape index (κ3) is 7.72. The summed E-state index contributed by atoms with van der Waals surface area (Å²) >= 11 is 6.52. The van der Waals surface area contributed by atoms with Crippen LogP contribution in [0.15, 0.2) is 48.5 Å². The second-order valence-corrected chi connectivity index (χ2v) is 12.0. The van der Waals surface area contributed by atoms with Gasteiger partial charge in [0.2, 0.25) is 12.1 Å². The predicted octanol–water partition coefficient (Wildman–Crippen LogP) is 4.32. The second-order valence-electron chi connectivity index (χ2n) is 11.6. The largest absolute Gasteiger partial charge is 0.511 e. The number of tetrazole rings is 1. The lowest BCUT2D eigenvalue weighted by atomic mass is 9.98. The first kappa shape index (κ1) is 34.8. The van der Waals surface area contributed by atoms with Crippen LogP contribution in [0.2, 0.25) is 5.15 Å². The molecular weight excluding hydrogens is 674 g/mol. The predicted molar refractivity (Wildman–Crippen MR) is 175 cm³/mol. The van der Waals surface area contributed by atoms with Crippen molar-refractivity contribution < 1.29 is 42.8 Å². The summed E-state index contributed by atoms with van der Waals surface area (Å²) in [5.41, 5.74) is 3.62. The summed E-state index contributed by atoms with van der Waals surface area (Å²) in [6, 6.07) is 15.6. The number of amides is 1. The van der Waals surface area contributed by atoms with E-state index < -0.39 is 48.9 Å². The molecule has 17 heteroatoms. The first-order chi connectivity index (χ1) is 24.2. The number of imidazole rings is 1. The minimum absolute atomic E-state index is 0.00777. The van der Waals surface area contributed by atoms with Crippen molar-refractivity contribution in [3.63, 3.8) is 0 Å². The maximum Gasteiger partial charge on any atom is 0.511 e. The van der Waals surface area contributed by atoms with E-state index in [1.54, 1.807) is 4.57 Å². The molecule has 2 aromatic heterocycles. The minimum Gasteiger partial charge on any atom is -0.441 e. The van der Waals surface area contributed by atoms with Gasteiger partial charge in [0.1, 0.15) is 18.0 Å². The van der Waals surface area contributed by atoms with Crippen LogP contribution < -0.4 is 5.32 Å². The van der Waals surface area contributed by atoms with E-state index >= 15 is 0 Å². The fourth-order valence-corrected chi connectivity index (χ4v) is 6.16. The number of hydrogen-bond acceptors (Lipinski definition) is 13. The smallest absolute Gasteiger partial charge is 0.441 e. The highest BCUT2D eigenvalue weighted by Crippen LogP contribution is 2.32. The van der Waals surface area contributed by atoms with Gasteiger partial charge in [-0.3, -0.25) is 0 Å². The highest BCUT2D eigenvalue weighted by atomic mass is 35.5. The molecule has 0 bridgehead atoms. The van der Waals surface area contributed by atoms with Gasteiger partial charge in [-0.2, -0.15) is 5.21 Å². The molecule has 6 rings (SSSR count). The molecule has 2 aliphatic rings. The molecule has 2 saturated heterocycles. The van der Waals surface area contributed by atoms with Crippen molar-refractivity contribution in [3.8, 4) is 22.5 Å². The maximum absolute atomic E-state index is 13.5. The van der Waals surface area contributed by atoms with Gasteiger partial charge in [-0.1, -0.05) is 73.5 Å². The molecule has 50 heavy (non-hydrogen) atoms. The van der Waals surface area contributed by atoms with Crippen LogP contribution in [-0.4, -0.2) is 99.4 Å². The number of carbonyl (C=O) groups excluding carboxylic acids is 3. The van der Waals surface area contributed by atoms with E-state index in [9.17, 15) is 14.4 Å². The summed E-state index contributed by atoms with van der Waals surface area (Å²) in [5.74, 6) is 0.280. The number of nitrogens with zero attached hydrogens (tertiary/aromatic N) is 5. The van der Waals surface area contributed by atoms with E-state index in [1.807, 2.05) is 48.5 Å². The van der Waals surface area contributed by atoms with E-state index in [4.69, 9.17) is 40.0 Å². The van der Waals surface area contributed by atoms with E-state index in [2.05, 4.69) is 37.8 Å². The molecule has 2 fully saturated rings. The Labute approximate surface area is 291 Å². The van der Waals surface area contributed by atoms with Gasteiger partial charge in [0.15, 0.2) is 23.1 Å². The fourth-order valence-electron chi connectivity index (χ4n) is 5.88. The lowest BCUT2D eigenvalue weighted by Crippen LogP contribution is -2.37. The average Bonchev–Trinajstić information content (AvgIpc) is 3.91. The van der Waals surface area contributed by atoms with Gasteiger partial charge < -0.3 is 38.3 Å². The van der Waals surface area contributed by atoms with Crippen molar-refractivity contribution in [2.24, 2.45) is 0 Å². The Hall–Kier alpha value is -5.06. The number of H-pyrrole nitrogens is 1. The van der Waals surface area contributed by atoms with E-state index in [-0.39, 0.29) is 30.6 Å². The number of rotatable bonds is 12. The number of fused-ring (bicyclic) bond motifs is 1. The summed E-state index contributed by atoms with van der Waals surface area (Å²) < 4.78 is 34.4. The van der Waals surface area contributed by atoms with Crippen molar-refractivity contribution >= 4 is 29.8 Å². The third-order valence-corrected chi connectivity index (χ3v) is 8.54. The SMILES string of the molecule is CCCCc1nc(Cl)c(C(=O)OC(C)OC(=O)O[C@@H]2CO[C@H]3[C@@H]2OC[C@H]3OC(=O)NC)n1Cc1ccc(-c2ccccc2-c2nn[nH]n2)cc1. The first-order valence-electron chi connectivity index (χ1n) is 16.1. The summed E-state index contributed by atoms with van der Waals surface area (Å²) in [5, 5.41) is 16.7. The molecule has 0 radical (unpaired) electrons. The molecule has 264 valence electrons. The molecule has 0 aliphatic carbocycles. The normalized spacial score (nSPS) is 20.2. The van der Waals surface area contributed by atoms with Gasteiger partial charge in [0.05, 0.1) is 13.2 Å². The van der Waals surface area contributed by atoms with Crippen LogP contribution in [-0.2, 0) is 41.4 Å². The molecule has 16 nitrogen and oxygen atoms in total. The number of alkyl carbamates (subject to hydrolysis) is 1. The number of esters is 1. The van der Waals surface area contributed by atoms with Gasteiger partial charge in [-0.25, -0.2) is 19.4 Å². The second kappa shape index (κ2) is 15.7. The number of aromatic nitrogens is 6. The molecule has 1 amide bonds. The highest BCUT2D eigenvalue weighted by molar-refractivity contribution is 6.32. The van der Waals surface area contributed by atoms with Crippen LogP contribution in [0.3, 0.4) is 0 Å². The molecule has 0 saturated carbocycles. The van der Waals surface area contributed by atoms with Crippen molar-refractivity contribution in [3.05, 3.63) is 70.8 Å². The standard InChI is InChI=1S/C33H36ClN7O9/c1-4-5-10-25-36-29(34)26(41(25)15-19-11-13-20(14-12-19)21-8-6-7-9-22(21)30-37-39-40-38-30)31(42)47-18(2)48-33(44)50-24-17-46-27-23(16-45-28(24)27)49-32(43)35-3/h6-9,11-14,18,23-24,27-28H,4-5,10,15-17H2,1-3H3,(H,35,43)(H,37,38,39,40)/t18?,23-,24-,27-,28-/m1/s1. The van der Waals surface area contributed by atoms with Crippen molar-refractivity contribution in [1.29, 1.82) is 0 Å². The summed E-state index contributed by atoms with van der Waals surface area (Å²) in [6.45, 7) is 3.81. The quantitative estimate of drug-likeness (QED) is 0.120. The van der Waals surface area contributed by atoms with Gasteiger partial charge in [0.25, 0.3) is 0 Å². The lowest BCUT2D eigenvalue weighted by Gasteiger charge is -2.19. The van der Waals surface area contributed by atoms with Crippen molar-refractivity contribution in [2.75, 3.05) is 20.3 Å². The van der Waals surface area contributed by atoms with Gasteiger partial charge in [-0.15, -0.1) is 10.2 Å². The lowest BCUT2D eigenvalue weighted by molar-refractivity contribution is -0.0990. The topological polar surface area (TPSA) is 191 Å². The number of hydrogen-bond donors (Lipinski definition) is 2. The van der Waals surface area contributed by atoms with Gasteiger partial charge >= 0.3 is 18.2 Å². The Morgan fingerprint density at radius 3 is 2.38 bits per heavy atom. The molecule has 2 aliphatic heterocycles. The third-order valence-electron chi connectivity index (χ3n) is 8.28. The molecule has 2 aromatic carbocycles. The Morgan fingerprint density at radius 2 is 1.72 bits per heavy atom. The molecule has 1 unspecified atom stereocenters. The number of ether oxygens (including phenoxy) is 6. The zero-order valence-electron chi connectivity index (χ0n) is 27.5. The number of halogens is 1. The summed E-state index contributed by atoms with van der Waals surface area (Å²) in [4.78, 5) is 42.2. The maximum atomic E-state index is 13.5. The number of carbonyl (C=O) groups is 3. The molecule has 5 atom stereocenters. The fraction of sp³-hybridized carbons (Fsp3) is 0.424. The van der Waals surface area contributed by atoms with Crippen LogP contribution >= 0.6 is 11.6 Å². The molecule has 4 aromatic rings. The van der Waals surface area contributed by atoms with Gasteiger partial charge in [-0.05, 0) is 28.3 Å². The zero-order chi connectivity index (χ0) is 35.2. The molecule has 0 spiro atoms. The number of aromatic amines is 1. The minimum atomic E-state index is -1.33. The molecule has 2 N–H and O–H groups in total. The first-order valence-corrected chi connectivity index (χ1v) is 16.5. The van der Waals surface area contributed by atoms with Crippen LogP contribution in [0.1, 0.15) is 48.6 Å². The summed E-state index contributed by atoms with van der Waals surface area (Å²) in [6.07, 6.45) is -3.46. The monoisotopic (exact) mass is 709 g/mol. The average molecular weight is 710 g/mol. The van der Waals surface area contributed by atoms with E-state index in [0.717, 1.165) is 35.1 Å². The number of benzene rings is 2. The molecular formula is C33H36ClN7O9. The van der Waals surface area contributed by atoms with Crippen molar-refractivity contribution in [2.45, 2.75) is 70.4 Å².